The molecule has 0 fully saturated rings. The van der Waals surface area contributed by atoms with Gasteiger partial charge in [0.1, 0.15) is 11.4 Å². The number of hydrogen-bond acceptors (Lipinski definition) is 3. The summed E-state index contributed by atoms with van der Waals surface area (Å²) in [7, 11) is 0. The van der Waals surface area contributed by atoms with E-state index in [1.165, 1.54) is 11.6 Å². The maximum atomic E-state index is 11.7. The molecule has 0 saturated carbocycles. The van der Waals surface area contributed by atoms with Gasteiger partial charge >= 0.3 is 0 Å². The lowest BCUT2D eigenvalue weighted by Gasteiger charge is -2.05. The van der Waals surface area contributed by atoms with Crippen LogP contribution in [-0.2, 0) is 0 Å². The first kappa shape index (κ1) is 12.3. The predicted octanol–water partition coefficient (Wildman–Crippen LogP) is 3.27. The Bertz CT molecular complexity index is 733. The standard InChI is InChI=1S/C16H13N3O/c1-12(20)19-16(14-10-6-3-7-11-14)15(17-18-19)13-8-4-2-5-9-13/h2-11H,1H3. The first-order valence-electron chi connectivity index (χ1n) is 6.35. The van der Waals surface area contributed by atoms with Crippen LogP contribution in [0.2, 0.25) is 0 Å². The first-order valence-corrected chi connectivity index (χ1v) is 6.35. The van der Waals surface area contributed by atoms with Gasteiger partial charge in [0.25, 0.3) is 0 Å². The monoisotopic (exact) mass is 263 g/mol. The molecule has 3 rings (SSSR count). The Labute approximate surface area is 116 Å². The average Bonchev–Trinajstić information content (AvgIpc) is 2.94. The van der Waals surface area contributed by atoms with Crippen molar-refractivity contribution in [3.63, 3.8) is 0 Å². The van der Waals surface area contributed by atoms with Crippen LogP contribution in [0.5, 0.6) is 0 Å². The van der Waals surface area contributed by atoms with Gasteiger partial charge in [-0.15, -0.1) is 5.10 Å². The normalized spacial score (nSPS) is 10.4. The molecule has 0 bridgehead atoms. The predicted molar refractivity (Wildman–Crippen MR) is 77.2 cm³/mol. The highest BCUT2D eigenvalue weighted by Crippen LogP contribution is 2.29. The summed E-state index contributed by atoms with van der Waals surface area (Å²) in [5.74, 6) is -0.154. The van der Waals surface area contributed by atoms with Crippen molar-refractivity contribution in [3.05, 3.63) is 60.7 Å². The van der Waals surface area contributed by atoms with Gasteiger partial charge in [0.2, 0.25) is 5.91 Å². The Hall–Kier alpha value is -2.75. The van der Waals surface area contributed by atoms with Gasteiger partial charge in [0.05, 0.1) is 0 Å². The van der Waals surface area contributed by atoms with Gasteiger partial charge in [0, 0.05) is 18.1 Å². The van der Waals surface area contributed by atoms with Crippen LogP contribution in [0.15, 0.2) is 60.7 Å². The first-order chi connectivity index (χ1) is 9.77. The minimum Gasteiger partial charge on any atom is -0.273 e. The number of benzene rings is 2. The van der Waals surface area contributed by atoms with Crippen molar-refractivity contribution < 1.29 is 4.79 Å². The van der Waals surface area contributed by atoms with Crippen LogP contribution in [0.1, 0.15) is 11.7 Å². The molecular weight excluding hydrogens is 250 g/mol. The fourth-order valence-corrected chi connectivity index (χ4v) is 2.15. The molecule has 3 aromatic rings. The van der Waals surface area contributed by atoms with Crippen LogP contribution in [0.3, 0.4) is 0 Å². The third-order valence-corrected chi connectivity index (χ3v) is 3.06. The van der Waals surface area contributed by atoms with Crippen LogP contribution in [0, 0.1) is 0 Å². The summed E-state index contributed by atoms with van der Waals surface area (Å²) in [6.45, 7) is 1.48. The molecule has 4 heteroatoms. The van der Waals surface area contributed by atoms with Crippen LogP contribution in [-0.4, -0.2) is 20.9 Å². The zero-order valence-electron chi connectivity index (χ0n) is 11.0. The highest BCUT2D eigenvalue weighted by Gasteiger charge is 2.18. The van der Waals surface area contributed by atoms with Crippen LogP contribution in [0.4, 0.5) is 0 Å². The van der Waals surface area contributed by atoms with E-state index in [1.54, 1.807) is 0 Å². The Morgan fingerprint density at radius 2 is 1.45 bits per heavy atom. The molecular formula is C16H13N3O. The van der Waals surface area contributed by atoms with Crippen molar-refractivity contribution in [2.75, 3.05) is 0 Å². The zero-order chi connectivity index (χ0) is 13.9. The third kappa shape index (κ3) is 2.12. The van der Waals surface area contributed by atoms with Crippen LogP contribution >= 0.6 is 0 Å². The second-order valence-corrected chi connectivity index (χ2v) is 4.45. The van der Waals surface area contributed by atoms with Crippen molar-refractivity contribution in [1.82, 2.24) is 15.0 Å². The average molecular weight is 263 g/mol. The molecule has 0 aliphatic carbocycles. The number of nitrogens with zero attached hydrogens (tertiary/aromatic N) is 3. The van der Waals surface area contributed by atoms with Gasteiger partial charge < -0.3 is 0 Å². The van der Waals surface area contributed by atoms with Crippen molar-refractivity contribution in [2.24, 2.45) is 0 Å². The second kappa shape index (κ2) is 5.09. The molecule has 0 spiro atoms. The summed E-state index contributed by atoms with van der Waals surface area (Å²) < 4.78 is 1.34. The largest absolute Gasteiger partial charge is 0.273 e. The molecule has 0 atom stereocenters. The maximum Gasteiger partial charge on any atom is 0.245 e. The number of carbonyl (C=O) groups excluding carboxylic acids is 1. The molecule has 20 heavy (non-hydrogen) atoms. The molecule has 0 unspecified atom stereocenters. The lowest BCUT2D eigenvalue weighted by molar-refractivity contribution is 0.0921. The fraction of sp³-hybridized carbons (Fsp3) is 0.0625. The minimum atomic E-state index is -0.154. The van der Waals surface area contributed by atoms with E-state index in [0.717, 1.165) is 16.8 Å². The van der Waals surface area contributed by atoms with Crippen LogP contribution in [0.25, 0.3) is 22.5 Å². The molecule has 1 aromatic heterocycles. The summed E-state index contributed by atoms with van der Waals surface area (Å²) in [5.41, 5.74) is 3.31. The lowest BCUT2D eigenvalue weighted by Crippen LogP contribution is -2.09. The van der Waals surface area contributed by atoms with E-state index in [-0.39, 0.29) is 5.91 Å². The van der Waals surface area contributed by atoms with Crippen LogP contribution < -0.4 is 0 Å². The second-order valence-electron chi connectivity index (χ2n) is 4.45. The fourth-order valence-electron chi connectivity index (χ4n) is 2.15. The molecule has 0 radical (unpaired) electrons. The summed E-state index contributed by atoms with van der Waals surface area (Å²) in [5, 5.41) is 8.16. The highest BCUT2D eigenvalue weighted by molar-refractivity contribution is 5.87. The molecule has 98 valence electrons. The van der Waals surface area contributed by atoms with E-state index in [4.69, 9.17) is 0 Å². The quantitative estimate of drug-likeness (QED) is 0.713. The minimum absolute atomic E-state index is 0.154. The number of aromatic nitrogens is 3. The Balaban J connectivity index is 2.25. The third-order valence-electron chi connectivity index (χ3n) is 3.06. The molecule has 0 N–H and O–H groups in total. The van der Waals surface area contributed by atoms with E-state index in [1.807, 2.05) is 60.7 Å². The number of rotatable bonds is 2. The van der Waals surface area contributed by atoms with E-state index >= 15 is 0 Å². The van der Waals surface area contributed by atoms with Gasteiger partial charge in [-0.25, -0.2) is 0 Å². The van der Waals surface area contributed by atoms with E-state index < -0.39 is 0 Å². The number of carbonyl (C=O) groups is 1. The van der Waals surface area contributed by atoms with Crippen molar-refractivity contribution in [2.45, 2.75) is 6.92 Å². The van der Waals surface area contributed by atoms with E-state index in [9.17, 15) is 4.79 Å². The molecule has 0 saturated heterocycles. The smallest absolute Gasteiger partial charge is 0.245 e. The molecule has 0 amide bonds. The van der Waals surface area contributed by atoms with Gasteiger partial charge in [0.15, 0.2) is 0 Å². The Morgan fingerprint density at radius 1 is 0.900 bits per heavy atom. The van der Waals surface area contributed by atoms with Gasteiger partial charge in [-0.05, 0) is 0 Å². The van der Waals surface area contributed by atoms with Crippen molar-refractivity contribution in [3.8, 4) is 22.5 Å². The Kier molecular flexibility index (Phi) is 3.13. The van der Waals surface area contributed by atoms with E-state index in [2.05, 4.69) is 10.3 Å². The SMILES string of the molecule is CC(=O)n1nnc(-c2ccccc2)c1-c1ccccc1. The summed E-state index contributed by atoms with van der Waals surface area (Å²) in [6, 6.07) is 19.4. The lowest BCUT2D eigenvalue weighted by atomic mass is 10.0. The summed E-state index contributed by atoms with van der Waals surface area (Å²) in [6.07, 6.45) is 0. The Morgan fingerprint density at radius 3 is 2.00 bits per heavy atom. The van der Waals surface area contributed by atoms with Gasteiger partial charge in [-0.1, -0.05) is 65.9 Å². The van der Waals surface area contributed by atoms with Crippen molar-refractivity contribution in [1.29, 1.82) is 0 Å². The summed E-state index contributed by atoms with van der Waals surface area (Å²) in [4.78, 5) is 11.7. The topological polar surface area (TPSA) is 47.8 Å². The molecule has 0 aliphatic heterocycles. The maximum absolute atomic E-state index is 11.7. The zero-order valence-corrected chi connectivity index (χ0v) is 11.0. The van der Waals surface area contributed by atoms with Gasteiger partial charge in [-0.3, -0.25) is 4.79 Å². The molecule has 4 nitrogen and oxygen atoms in total. The van der Waals surface area contributed by atoms with E-state index in [0.29, 0.717) is 5.69 Å². The molecule has 1 heterocycles. The number of hydrogen-bond donors (Lipinski definition) is 0. The van der Waals surface area contributed by atoms with Crippen molar-refractivity contribution >= 4 is 5.91 Å². The van der Waals surface area contributed by atoms with Gasteiger partial charge in [-0.2, -0.15) is 4.68 Å². The molecule has 0 aliphatic rings. The highest BCUT2D eigenvalue weighted by atomic mass is 16.2. The molecule has 2 aromatic carbocycles. The summed E-state index contributed by atoms with van der Waals surface area (Å²) >= 11 is 0.